The van der Waals surface area contributed by atoms with Crippen LogP contribution in [0.25, 0.3) is 0 Å². The van der Waals surface area contributed by atoms with Gasteiger partial charge in [0.2, 0.25) is 0 Å². The Morgan fingerprint density at radius 2 is 2.05 bits per heavy atom. The molecule has 3 rings (SSSR count). The number of anilines is 1. The highest BCUT2D eigenvalue weighted by Crippen LogP contribution is 2.33. The summed E-state index contributed by atoms with van der Waals surface area (Å²) in [7, 11) is 0. The van der Waals surface area contributed by atoms with Crippen molar-refractivity contribution in [1.82, 2.24) is 0 Å². The van der Waals surface area contributed by atoms with E-state index in [0.29, 0.717) is 5.69 Å². The zero-order chi connectivity index (χ0) is 14.8. The van der Waals surface area contributed by atoms with E-state index in [0.717, 1.165) is 24.8 Å². The van der Waals surface area contributed by atoms with Crippen LogP contribution in [0.4, 0.5) is 5.69 Å². The molecule has 0 aliphatic heterocycles. The molecule has 1 atom stereocenters. The molecule has 108 valence electrons. The Bertz CT molecular complexity index is 681. The van der Waals surface area contributed by atoms with Crippen molar-refractivity contribution in [3.05, 3.63) is 59.2 Å². The molecule has 4 heteroatoms. The molecule has 0 fully saturated rings. The minimum Gasteiger partial charge on any atom is -0.507 e. The molecule has 3 N–H and O–H groups in total. The first-order valence-corrected chi connectivity index (χ1v) is 7.02. The van der Waals surface area contributed by atoms with Crippen LogP contribution >= 0.6 is 0 Å². The Labute approximate surface area is 123 Å². The van der Waals surface area contributed by atoms with E-state index in [2.05, 4.69) is 6.07 Å². The summed E-state index contributed by atoms with van der Waals surface area (Å²) >= 11 is 0. The third-order valence-electron chi connectivity index (χ3n) is 3.81. The quantitative estimate of drug-likeness (QED) is 0.655. The number of nitrogen functional groups attached to an aromatic ring is 1. The van der Waals surface area contributed by atoms with E-state index < -0.39 is 5.97 Å². The number of aryl methyl sites for hydroxylation is 1. The molecule has 0 radical (unpaired) electrons. The maximum Gasteiger partial charge on any atom is 0.342 e. The van der Waals surface area contributed by atoms with E-state index >= 15 is 0 Å². The van der Waals surface area contributed by atoms with Gasteiger partial charge in [-0.2, -0.15) is 0 Å². The smallest absolute Gasteiger partial charge is 0.342 e. The van der Waals surface area contributed by atoms with Crippen molar-refractivity contribution in [2.45, 2.75) is 25.4 Å². The summed E-state index contributed by atoms with van der Waals surface area (Å²) in [5.41, 5.74) is 8.41. The Kier molecular flexibility index (Phi) is 3.52. The van der Waals surface area contributed by atoms with Gasteiger partial charge in [0.05, 0.1) is 0 Å². The standard InChI is InChI=1S/C17H17NO3/c18-12-8-9-14(15(19)10-12)17(20)21-16-7-3-5-11-4-1-2-6-13(11)16/h1-2,4,6,8-10,16,19H,3,5,7,18H2. The third-order valence-corrected chi connectivity index (χ3v) is 3.81. The highest BCUT2D eigenvalue weighted by atomic mass is 16.5. The number of nitrogens with two attached hydrogens (primary N) is 1. The number of hydrogen-bond donors (Lipinski definition) is 2. The molecule has 0 heterocycles. The van der Waals surface area contributed by atoms with Gasteiger partial charge in [0, 0.05) is 11.8 Å². The maximum atomic E-state index is 12.2. The fourth-order valence-electron chi connectivity index (χ4n) is 2.75. The first-order valence-electron chi connectivity index (χ1n) is 7.02. The van der Waals surface area contributed by atoms with Gasteiger partial charge in [-0.1, -0.05) is 24.3 Å². The van der Waals surface area contributed by atoms with Crippen LogP contribution < -0.4 is 5.73 Å². The van der Waals surface area contributed by atoms with Gasteiger partial charge in [-0.05, 0) is 42.5 Å². The fourth-order valence-corrected chi connectivity index (χ4v) is 2.75. The van der Waals surface area contributed by atoms with Crippen LogP contribution in [0.5, 0.6) is 5.75 Å². The number of benzene rings is 2. The molecule has 21 heavy (non-hydrogen) atoms. The summed E-state index contributed by atoms with van der Waals surface area (Å²) in [5, 5.41) is 9.81. The number of hydrogen-bond acceptors (Lipinski definition) is 4. The van der Waals surface area contributed by atoms with Crippen LogP contribution in [-0.2, 0) is 11.2 Å². The van der Waals surface area contributed by atoms with E-state index in [1.165, 1.54) is 17.7 Å². The number of carbonyl (C=O) groups excluding carboxylic acids is 1. The lowest BCUT2D eigenvalue weighted by Crippen LogP contribution is -2.17. The summed E-state index contributed by atoms with van der Waals surface area (Å²) < 4.78 is 5.58. The topological polar surface area (TPSA) is 72.6 Å². The average Bonchev–Trinajstić information content (AvgIpc) is 2.47. The Balaban J connectivity index is 1.83. The van der Waals surface area contributed by atoms with Crippen LogP contribution in [0.15, 0.2) is 42.5 Å². The summed E-state index contributed by atoms with van der Waals surface area (Å²) in [6.45, 7) is 0. The number of phenolic OH excluding ortho intramolecular Hbond substituents is 1. The van der Waals surface area contributed by atoms with E-state index in [9.17, 15) is 9.90 Å². The molecule has 4 nitrogen and oxygen atoms in total. The maximum absolute atomic E-state index is 12.2. The van der Waals surface area contributed by atoms with Crippen LogP contribution in [-0.4, -0.2) is 11.1 Å². The number of phenols is 1. The van der Waals surface area contributed by atoms with Crippen molar-refractivity contribution in [3.8, 4) is 5.75 Å². The Morgan fingerprint density at radius 3 is 2.86 bits per heavy atom. The van der Waals surface area contributed by atoms with Crippen molar-refractivity contribution in [3.63, 3.8) is 0 Å². The number of fused-ring (bicyclic) bond motifs is 1. The first-order chi connectivity index (χ1) is 10.1. The fraction of sp³-hybridized carbons (Fsp3) is 0.235. The van der Waals surface area contributed by atoms with Gasteiger partial charge in [0.15, 0.2) is 0 Å². The lowest BCUT2D eigenvalue weighted by Gasteiger charge is -2.25. The minimum atomic E-state index is -0.519. The zero-order valence-electron chi connectivity index (χ0n) is 11.6. The average molecular weight is 283 g/mol. The number of ether oxygens (including phenoxy) is 1. The molecule has 0 spiro atoms. The predicted octanol–water partition coefficient (Wildman–Crippen LogP) is 3.21. The Hall–Kier alpha value is -2.49. The monoisotopic (exact) mass is 283 g/mol. The van der Waals surface area contributed by atoms with Gasteiger partial charge in [0.1, 0.15) is 17.4 Å². The molecule has 1 aliphatic carbocycles. The van der Waals surface area contributed by atoms with Crippen LogP contribution in [0.1, 0.15) is 40.4 Å². The Morgan fingerprint density at radius 1 is 1.24 bits per heavy atom. The van der Waals surface area contributed by atoms with Crippen LogP contribution in [0.3, 0.4) is 0 Å². The molecule has 1 aliphatic rings. The van der Waals surface area contributed by atoms with Gasteiger partial charge in [-0.3, -0.25) is 0 Å². The van der Waals surface area contributed by atoms with Gasteiger partial charge in [-0.25, -0.2) is 4.79 Å². The number of esters is 1. The van der Waals surface area contributed by atoms with Crippen molar-refractivity contribution >= 4 is 11.7 Å². The van der Waals surface area contributed by atoms with Gasteiger partial charge in [-0.15, -0.1) is 0 Å². The third kappa shape index (κ3) is 2.70. The molecule has 2 aromatic carbocycles. The molecule has 2 aromatic rings. The van der Waals surface area contributed by atoms with Crippen molar-refractivity contribution in [2.75, 3.05) is 5.73 Å². The van der Waals surface area contributed by atoms with E-state index in [1.807, 2.05) is 18.2 Å². The number of rotatable bonds is 2. The molecule has 0 saturated heterocycles. The minimum absolute atomic E-state index is 0.146. The molecule has 0 aromatic heterocycles. The van der Waals surface area contributed by atoms with E-state index in [-0.39, 0.29) is 17.4 Å². The largest absolute Gasteiger partial charge is 0.507 e. The lowest BCUT2D eigenvalue weighted by atomic mass is 9.89. The first kappa shape index (κ1) is 13.5. The van der Waals surface area contributed by atoms with Crippen LogP contribution in [0, 0.1) is 0 Å². The predicted molar refractivity (Wildman–Crippen MR) is 80.1 cm³/mol. The lowest BCUT2D eigenvalue weighted by molar-refractivity contribution is 0.0253. The molecule has 1 unspecified atom stereocenters. The van der Waals surface area contributed by atoms with E-state index in [1.54, 1.807) is 6.07 Å². The van der Waals surface area contributed by atoms with Gasteiger partial charge in [0.25, 0.3) is 0 Å². The van der Waals surface area contributed by atoms with Crippen molar-refractivity contribution in [2.24, 2.45) is 0 Å². The molecule has 0 saturated carbocycles. The summed E-state index contributed by atoms with van der Waals surface area (Å²) in [6.07, 6.45) is 2.55. The SMILES string of the molecule is Nc1ccc(C(=O)OC2CCCc3ccccc32)c(O)c1. The second-order valence-electron chi connectivity index (χ2n) is 5.26. The second-order valence-corrected chi connectivity index (χ2v) is 5.26. The van der Waals surface area contributed by atoms with Crippen LogP contribution in [0.2, 0.25) is 0 Å². The van der Waals surface area contributed by atoms with Crippen molar-refractivity contribution in [1.29, 1.82) is 0 Å². The second kappa shape index (κ2) is 5.48. The highest BCUT2D eigenvalue weighted by molar-refractivity contribution is 5.93. The molecular formula is C17H17NO3. The van der Waals surface area contributed by atoms with E-state index in [4.69, 9.17) is 10.5 Å². The summed E-state index contributed by atoms with van der Waals surface area (Å²) in [4.78, 5) is 12.2. The molecule has 0 amide bonds. The van der Waals surface area contributed by atoms with Gasteiger partial charge >= 0.3 is 5.97 Å². The number of carbonyl (C=O) groups is 1. The zero-order valence-corrected chi connectivity index (χ0v) is 11.6. The summed E-state index contributed by atoms with van der Waals surface area (Å²) in [6, 6.07) is 12.4. The molecular weight excluding hydrogens is 266 g/mol. The summed E-state index contributed by atoms with van der Waals surface area (Å²) in [5.74, 6) is -0.668. The van der Waals surface area contributed by atoms with Gasteiger partial charge < -0.3 is 15.6 Å². The highest BCUT2D eigenvalue weighted by Gasteiger charge is 2.24. The normalized spacial score (nSPS) is 17.0. The van der Waals surface area contributed by atoms with Crippen molar-refractivity contribution < 1.29 is 14.6 Å². The molecule has 0 bridgehead atoms. The number of aromatic hydroxyl groups is 1.